The molecule has 0 rings (SSSR count). The second kappa shape index (κ2) is 7.76. The number of rotatable bonds is 6. The van der Waals surface area contributed by atoms with Gasteiger partial charge in [-0.2, -0.15) is 0 Å². The summed E-state index contributed by atoms with van der Waals surface area (Å²) in [5.74, 6) is 4.75. The highest BCUT2D eigenvalue weighted by atomic mass is 16.5. The van der Waals surface area contributed by atoms with E-state index in [1.807, 2.05) is 26.0 Å². The SMILES string of the molecule is C/C=C/COC(CCC)C(=O)NN. The van der Waals surface area contributed by atoms with Crippen LogP contribution >= 0.6 is 0 Å². The minimum absolute atomic E-state index is 0.258. The molecule has 0 radical (unpaired) electrons. The summed E-state index contributed by atoms with van der Waals surface area (Å²) in [6, 6.07) is 0. The van der Waals surface area contributed by atoms with Crippen molar-refractivity contribution in [1.82, 2.24) is 5.43 Å². The maximum absolute atomic E-state index is 11.1. The lowest BCUT2D eigenvalue weighted by Gasteiger charge is -2.13. The van der Waals surface area contributed by atoms with Crippen molar-refractivity contribution in [2.45, 2.75) is 32.8 Å². The molecule has 13 heavy (non-hydrogen) atoms. The molecule has 1 unspecified atom stereocenters. The van der Waals surface area contributed by atoms with Crippen LogP contribution in [0.25, 0.3) is 0 Å². The second-order valence-electron chi connectivity index (χ2n) is 2.69. The zero-order chi connectivity index (χ0) is 10.1. The molecule has 0 aliphatic rings. The zero-order valence-corrected chi connectivity index (χ0v) is 8.25. The Labute approximate surface area is 79.1 Å². The molecule has 0 fully saturated rings. The van der Waals surface area contributed by atoms with E-state index >= 15 is 0 Å². The third kappa shape index (κ3) is 5.38. The van der Waals surface area contributed by atoms with Gasteiger partial charge in [-0.05, 0) is 13.3 Å². The molecule has 0 bridgehead atoms. The first-order valence-electron chi connectivity index (χ1n) is 4.49. The quantitative estimate of drug-likeness (QED) is 0.278. The van der Waals surface area contributed by atoms with E-state index in [-0.39, 0.29) is 5.91 Å². The largest absolute Gasteiger partial charge is 0.364 e. The molecule has 1 amide bonds. The van der Waals surface area contributed by atoms with E-state index in [9.17, 15) is 4.79 Å². The topological polar surface area (TPSA) is 64.3 Å². The summed E-state index contributed by atoms with van der Waals surface area (Å²) in [4.78, 5) is 11.1. The minimum atomic E-state index is -0.425. The van der Waals surface area contributed by atoms with E-state index in [0.29, 0.717) is 13.0 Å². The van der Waals surface area contributed by atoms with E-state index in [1.165, 1.54) is 0 Å². The zero-order valence-electron chi connectivity index (χ0n) is 8.25. The van der Waals surface area contributed by atoms with Crippen LogP contribution in [0.3, 0.4) is 0 Å². The molecule has 0 aromatic carbocycles. The Bertz CT molecular complexity index is 169. The highest BCUT2D eigenvalue weighted by Gasteiger charge is 2.15. The van der Waals surface area contributed by atoms with Crippen LogP contribution in [0.5, 0.6) is 0 Å². The van der Waals surface area contributed by atoms with E-state index < -0.39 is 6.10 Å². The van der Waals surface area contributed by atoms with Crippen molar-refractivity contribution in [3.8, 4) is 0 Å². The molecule has 0 aromatic rings. The van der Waals surface area contributed by atoms with Crippen LogP contribution in [0.15, 0.2) is 12.2 Å². The highest BCUT2D eigenvalue weighted by molar-refractivity contribution is 5.80. The van der Waals surface area contributed by atoms with Gasteiger partial charge in [-0.1, -0.05) is 25.5 Å². The first kappa shape index (κ1) is 12.1. The van der Waals surface area contributed by atoms with E-state index in [2.05, 4.69) is 5.43 Å². The van der Waals surface area contributed by atoms with Gasteiger partial charge in [0.2, 0.25) is 0 Å². The van der Waals surface area contributed by atoms with Crippen molar-refractivity contribution in [1.29, 1.82) is 0 Å². The van der Waals surface area contributed by atoms with Crippen LogP contribution in [-0.4, -0.2) is 18.6 Å². The van der Waals surface area contributed by atoms with Gasteiger partial charge >= 0.3 is 0 Å². The van der Waals surface area contributed by atoms with Crippen LogP contribution in [-0.2, 0) is 9.53 Å². The predicted molar refractivity (Wildman–Crippen MR) is 51.8 cm³/mol. The van der Waals surface area contributed by atoms with Crippen LogP contribution in [0.2, 0.25) is 0 Å². The second-order valence-corrected chi connectivity index (χ2v) is 2.69. The van der Waals surface area contributed by atoms with E-state index in [1.54, 1.807) is 0 Å². The van der Waals surface area contributed by atoms with Gasteiger partial charge in [-0.3, -0.25) is 10.2 Å². The number of nitrogens with one attached hydrogen (secondary N) is 1. The number of hydrogen-bond acceptors (Lipinski definition) is 3. The number of hydrazine groups is 1. The molecule has 4 nitrogen and oxygen atoms in total. The maximum atomic E-state index is 11.1. The van der Waals surface area contributed by atoms with Crippen molar-refractivity contribution in [3.05, 3.63) is 12.2 Å². The predicted octanol–water partition coefficient (Wildman–Crippen LogP) is 0.738. The summed E-state index contributed by atoms with van der Waals surface area (Å²) >= 11 is 0. The van der Waals surface area contributed by atoms with E-state index in [4.69, 9.17) is 10.6 Å². The third-order valence-corrected chi connectivity index (χ3v) is 1.61. The molecule has 0 saturated heterocycles. The Hall–Kier alpha value is -0.870. The molecular weight excluding hydrogens is 168 g/mol. The lowest BCUT2D eigenvalue weighted by molar-refractivity contribution is -0.132. The lowest BCUT2D eigenvalue weighted by atomic mass is 10.2. The molecular formula is C9H18N2O2. The number of amides is 1. The van der Waals surface area contributed by atoms with Crippen LogP contribution < -0.4 is 11.3 Å². The fourth-order valence-electron chi connectivity index (χ4n) is 0.913. The average Bonchev–Trinajstić information content (AvgIpc) is 2.16. The molecule has 76 valence electrons. The van der Waals surface area contributed by atoms with Crippen molar-refractivity contribution in [2.75, 3.05) is 6.61 Å². The van der Waals surface area contributed by atoms with Crippen molar-refractivity contribution in [3.63, 3.8) is 0 Å². The summed E-state index contributed by atoms with van der Waals surface area (Å²) in [6.07, 6.45) is 4.90. The number of nitrogens with two attached hydrogens (primary N) is 1. The molecule has 0 aliphatic carbocycles. The molecule has 0 saturated carbocycles. The van der Waals surface area contributed by atoms with Crippen molar-refractivity contribution < 1.29 is 9.53 Å². The number of carbonyl (C=O) groups excluding carboxylic acids is 1. The number of allylic oxidation sites excluding steroid dienone is 1. The number of hydrogen-bond donors (Lipinski definition) is 2. The Balaban J connectivity index is 3.86. The molecule has 3 N–H and O–H groups in total. The smallest absolute Gasteiger partial charge is 0.263 e. The monoisotopic (exact) mass is 186 g/mol. The standard InChI is InChI=1S/C9H18N2O2/c1-3-5-7-13-8(6-4-2)9(12)11-10/h3,5,8H,4,6-7,10H2,1-2H3,(H,11,12)/b5-3+. The molecule has 4 heteroatoms. The van der Waals surface area contributed by atoms with Crippen LogP contribution in [0.1, 0.15) is 26.7 Å². The van der Waals surface area contributed by atoms with Crippen molar-refractivity contribution >= 4 is 5.91 Å². The summed E-state index contributed by atoms with van der Waals surface area (Å²) in [6.45, 7) is 4.35. The van der Waals surface area contributed by atoms with Crippen LogP contribution in [0.4, 0.5) is 0 Å². The Morgan fingerprint density at radius 3 is 2.85 bits per heavy atom. The van der Waals surface area contributed by atoms with E-state index in [0.717, 1.165) is 6.42 Å². The first-order valence-corrected chi connectivity index (χ1v) is 4.49. The summed E-state index contributed by atoms with van der Waals surface area (Å²) < 4.78 is 5.30. The minimum Gasteiger partial charge on any atom is -0.364 e. The van der Waals surface area contributed by atoms with Gasteiger partial charge in [0.1, 0.15) is 6.10 Å². The number of carbonyl (C=O) groups is 1. The van der Waals surface area contributed by atoms with Gasteiger partial charge in [0.15, 0.2) is 0 Å². The van der Waals surface area contributed by atoms with Gasteiger partial charge in [-0.15, -0.1) is 0 Å². The summed E-state index contributed by atoms with van der Waals surface area (Å²) in [5, 5.41) is 0. The molecule has 0 heterocycles. The third-order valence-electron chi connectivity index (χ3n) is 1.61. The first-order chi connectivity index (χ1) is 6.26. The highest BCUT2D eigenvalue weighted by Crippen LogP contribution is 2.01. The Morgan fingerprint density at radius 2 is 2.38 bits per heavy atom. The van der Waals surface area contributed by atoms with Gasteiger partial charge in [0.05, 0.1) is 6.61 Å². The Morgan fingerprint density at radius 1 is 1.69 bits per heavy atom. The summed E-state index contributed by atoms with van der Waals surface area (Å²) in [5.41, 5.74) is 2.09. The van der Waals surface area contributed by atoms with Crippen LogP contribution in [0, 0.1) is 0 Å². The fraction of sp³-hybridized carbons (Fsp3) is 0.667. The normalized spacial score (nSPS) is 13.2. The molecule has 0 spiro atoms. The van der Waals surface area contributed by atoms with Crippen molar-refractivity contribution in [2.24, 2.45) is 5.84 Å². The van der Waals surface area contributed by atoms with Gasteiger partial charge in [-0.25, -0.2) is 5.84 Å². The van der Waals surface area contributed by atoms with Gasteiger partial charge in [0, 0.05) is 0 Å². The van der Waals surface area contributed by atoms with Gasteiger partial charge < -0.3 is 4.74 Å². The maximum Gasteiger partial charge on any atom is 0.263 e. The Kier molecular flexibility index (Phi) is 7.24. The number of ether oxygens (including phenoxy) is 1. The fourth-order valence-corrected chi connectivity index (χ4v) is 0.913. The average molecular weight is 186 g/mol. The molecule has 1 atom stereocenters. The molecule has 0 aromatic heterocycles. The van der Waals surface area contributed by atoms with Gasteiger partial charge in [0.25, 0.3) is 5.91 Å². The lowest BCUT2D eigenvalue weighted by Crippen LogP contribution is -2.40. The summed E-state index contributed by atoms with van der Waals surface area (Å²) in [7, 11) is 0. The molecule has 0 aliphatic heterocycles.